The number of anilines is 2. The first-order chi connectivity index (χ1) is 12.5. The maximum Gasteiger partial charge on any atom is 0.255 e. The number of nitrogens with one attached hydrogen (secondary N) is 3. The Labute approximate surface area is 159 Å². The van der Waals surface area contributed by atoms with Gasteiger partial charge in [-0.1, -0.05) is 31.5 Å². The van der Waals surface area contributed by atoms with Crippen LogP contribution >= 0.6 is 12.2 Å². The highest BCUT2D eigenvalue weighted by atomic mass is 32.1. The zero-order valence-corrected chi connectivity index (χ0v) is 15.8. The van der Waals surface area contributed by atoms with Crippen LogP contribution < -0.4 is 16.0 Å². The van der Waals surface area contributed by atoms with Gasteiger partial charge in [-0.3, -0.25) is 9.59 Å². The third-order valence-electron chi connectivity index (χ3n) is 3.67. The van der Waals surface area contributed by atoms with Crippen LogP contribution in [0.4, 0.5) is 11.4 Å². The zero-order valence-electron chi connectivity index (χ0n) is 15.0. The van der Waals surface area contributed by atoms with E-state index in [1.54, 1.807) is 24.3 Å². The van der Waals surface area contributed by atoms with Gasteiger partial charge in [0.1, 0.15) is 0 Å². The molecule has 0 aliphatic rings. The molecule has 0 aliphatic heterocycles. The van der Waals surface area contributed by atoms with Crippen molar-refractivity contribution in [2.75, 3.05) is 10.6 Å². The molecule has 136 valence electrons. The van der Waals surface area contributed by atoms with E-state index in [0.29, 0.717) is 17.7 Å². The molecule has 6 heteroatoms. The molecule has 2 aromatic rings. The van der Waals surface area contributed by atoms with Crippen LogP contribution in [0, 0.1) is 6.92 Å². The Morgan fingerprint density at radius 2 is 1.69 bits per heavy atom. The average Bonchev–Trinajstić information content (AvgIpc) is 2.60. The molecule has 0 fully saturated rings. The predicted molar refractivity (Wildman–Crippen MR) is 109 cm³/mol. The number of amides is 2. The first-order valence-electron chi connectivity index (χ1n) is 8.57. The van der Waals surface area contributed by atoms with Gasteiger partial charge >= 0.3 is 0 Å². The molecule has 0 atom stereocenters. The van der Waals surface area contributed by atoms with Gasteiger partial charge < -0.3 is 16.0 Å². The highest BCUT2D eigenvalue weighted by molar-refractivity contribution is 7.80. The van der Waals surface area contributed by atoms with Crippen molar-refractivity contribution in [3.05, 3.63) is 59.7 Å². The maximum atomic E-state index is 12.4. The van der Waals surface area contributed by atoms with Gasteiger partial charge in [-0.25, -0.2) is 0 Å². The third-order valence-corrected chi connectivity index (χ3v) is 3.87. The number of rotatable bonds is 6. The summed E-state index contributed by atoms with van der Waals surface area (Å²) in [5.41, 5.74) is 2.95. The van der Waals surface area contributed by atoms with Gasteiger partial charge in [0, 0.05) is 23.4 Å². The Bertz CT molecular complexity index is 805. The van der Waals surface area contributed by atoms with Gasteiger partial charge in [-0.15, -0.1) is 0 Å². The molecule has 0 heterocycles. The predicted octanol–water partition coefficient (Wildman–Crippen LogP) is 4.25. The Kier molecular flexibility index (Phi) is 7.29. The summed E-state index contributed by atoms with van der Waals surface area (Å²) in [7, 11) is 0. The molecule has 2 rings (SSSR count). The van der Waals surface area contributed by atoms with E-state index in [4.69, 9.17) is 12.2 Å². The fourth-order valence-corrected chi connectivity index (χ4v) is 2.58. The molecule has 3 N–H and O–H groups in total. The minimum Gasteiger partial charge on any atom is -0.332 e. The summed E-state index contributed by atoms with van der Waals surface area (Å²) in [5.74, 6) is -0.324. The molecule has 0 bridgehead atoms. The van der Waals surface area contributed by atoms with E-state index < -0.39 is 0 Å². The lowest BCUT2D eigenvalue weighted by Crippen LogP contribution is -2.33. The number of hydrogen-bond donors (Lipinski definition) is 3. The highest BCUT2D eigenvalue weighted by Crippen LogP contribution is 2.14. The van der Waals surface area contributed by atoms with Crippen LogP contribution in [0.2, 0.25) is 0 Å². The van der Waals surface area contributed by atoms with Gasteiger partial charge in [0.05, 0.1) is 0 Å². The number of unbranched alkanes of at least 4 members (excludes halogenated alkanes) is 1. The Morgan fingerprint density at radius 3 is 2.38 bits per heavy atom. The Morgan fingerprint density at radius 1 is 1.00 bits per heavy atom. The van der Waals surface area contributed by atoms with Crippen LogP contribution in [-0.4, -0.2) is 16.9 Å². The topological polar surface area (TPSA) is 70.2 Å². The van der Waals surface area contributed by atoms with Crippen molar-refractivity contribution < 1.29 is 9.59 Å². The molecule has 0 aromatic heterocycles. The molecule has 0 saturated heterocycles. The standard InChI is InChI=1S/C20H23N3O2S/c1-3-4-11-18(24)23-20(26)22-17-10-6-8-15(13-17)19(25)21-16-9-5-7-14(2)12-16/h5-10,12-13H,3-4,11H2,1-2H3,(H,21,25)(H2,22,23,24,26). The molecular formula is C20H23N3O2S. The SMILES string of the molecule is CCCCC(=O)NC(=S)Nc1cccc(C(=O)Nc2cccc(C)c2)c1. The summed E-state index contributed by atoms with van der Waals surface area (Å²) in [6.07, 6.45) is 2.21. The third kappa shape index (κ3) is 6.29. The maximum absolute atomic E-state index is 12.4. The first kappa shape index (κ1) is 19.6. The van der Waals surface area contributed by atoms with Crippen molar-refractivity contribution in [3.63, 3.8) is 0 Å². The van der Waals surface area contributed by atoms with Gasteiger partial charge in [0.15, 0.2) is 5.11 Å². The lowest BCUT2D eigenvalue weighted by atomic mass is 10.1. The van der Waals surface area contributed by atoms with Crippen molar-refractivity contribution in [3.8, 4) is 0 Å². The van der Waals surface area contributed by atoms with E-state index in [1.165, 1.54) is 0 Å². The molecule has 5 nitrogen and oxygen atoms in total. The average molecular weight is 369 g/mol. The van der Waals surface area contributed by atoms with Crippen LogP contribution in [0.3, 0.4) is 0 Å². The van der Waals surface area contributed by atoms with Crippen molar-refractivity contribution >= 4 is 40.5 Å². The van der Waals surface area contributed by atoms with E-state index in [2.05, 4.69) is 16.0 Å². The van der Waals surface area contributed by atoms with Crippen molar-refractivity contribution in [2.45, 2.75) is 33.1 Å². The van der Waals surface area contributed by atoms with E-state index >= 15 is 0 Å². The summed E-state index contributed by atoms with van der Waals surface area (Å²) in [6, 6.07) is 14.6. The Hall–Kier alpha value is -2.73. The van der Waals surface area contributed by atoms with Gasteiger partial charge in [0.25, 0.3) is 5.91 Å². The number of carbonyl (C=O) groups excluding carboxylic acids is 2. The van der Waals surface area contributed by atoms with E-state index in [1.807, 2.05) is 38.1 Å². The van der Waals surface area contributed by atoms with Gasteiger partial charge in [-0.05, 0) is 61.5 Å². The van der Waals surface area contributed by atoms with Gasteiger partial charge in [0.2, 0.25) is 5.91 Å². The molecule has 2 aromatic carbocycles. The quantitative estimate of drug-likeness (QED) is 0.666. The summed E-state index contributed by atoms with van der Waals surface area (Å²) < 4.78 is 0. The largest absolute Gasteiger partial charge is 0.332 e. The molecule has 0 aliphatic carbocycles. The molecule has 0 saturated carbocycles. The van der Waals surface area contributed by atoms with Crippen LogP contribution in [0.15, 0.2) is 48.5 Å². The summed E-state index contributed by atoms with van der Waals surface area (Å²) in [4.78, 5) is 24.1. The minimum absolute atomic E-state index is 0.113. The fraction of sp³-hybridized carbons (Fsp3) is 0.250. The lowest BCUT2D eigenvalue weighted by molar-refractivity contribution is -0.119. The molecular weight excluding hydrogens is 346 g/mol. The first-order valence-corrected chi connectivity index (χ1v) is 8.97. The second kappa shape index (κ2) is 9.68. The smallest absolute Gasteiger partial charge is 0.255 e. The van der Waals surface area contributed by atoms with E-state index in [9.17, 15) is 9.59 Å². The molecule has 0 radical (unpaired) electrons. The van der Waals surface area contributed by atoms with Crippen molar-refractivity contribution in [1.82, 2.24) is 5.32 Å². The van der Waals surface area contributed by atoms with Crippen LogP contribution in [0.1, 0.15) is 42.1 Å². The monoisotopic (exact) mass is 369 g/mol. The van der Waals surface area contributed by atoms with E-state index in [-0.39, 0.29) is 16.9 Å². The number of aryl methyl sites for hydroxylation is 1. The van der Waals surface area contributed by atoms with Crippen molar-refractivity contribution in [2.24, 2.45) is 0 Å². The molecule has 2 amide bonds. The summed E-state index contributed by atoms with van der Waals surface area (Å²) in [5, 5.41) is 8.67. The zero-order chi connectivity index (χ0) is 18.9. The summed E-state index contributed by atoms with van der Waals surface area (Å²) in [6.45, 7) is 3.99. The molecule has 26 heavy (non-hydrogen) atoms. The minimum atomic E-state index is -0.211. The van der Waals surface area contributed by atoms with Crippen LogP contribution in [0.5, 0.6) is 0 Å². The second-order valence-electron chi connectivity index (χ2n) is 6.01. The second-order valence-corrected chi connectivity index (χ2v) is 6.42. The highest BCUT2D eigenvalue weighted by Gasteiger charge is 2.09. The van der Waals surface area contributed by atoms with Crippen molar-refractivity contribution in [1.29, 1.82) is 0 Å². The summed E-state index contributed by atoms with van der Waals surface area (Å²) >= 11 is 5.15. The molecule has 0 spiro atoms. The number of carbonyl (C=O) groups is 2. The molecule has 0 unspecified atom stereocenters. The van der Waals surface area contributed by atoms with Gasteiger partial charge in [-0.2, -0.15) is 0 Å². The number of thiocarbonyl (C=S) groups is 1. The fourth-order valence-electron chi connectivity index (χ4n) is 2.35. The van der Waals surface area contributed by atoms with Crippen LogP contribution in [-0.2, 0) is 4.79 Å². The van der Waals surface area contributed by atoms with Crippen LogP contribution in [0.25, 0.3) is 0 Å². The normalized spacial score (nSPS) is 10.1. The lowest BCUT2D eigenvalue weighted by Gasteiger charge is -2.11. The number of benzene rings is 2. The number of hydrogen-bond acceptors (Lipinski definition) is 3. The Balaban J connectivity index is 1.97. The van der Waals surface area contributed by atoms with E-state index in [0.717, 1.165) is 24.1 Å².